The first-order valence-corrected chi connectivity index (χ1v) is 6.86. The third kappa shape index (κ3) is 3.09. The van der Waals surface area contributed by atoms with Crippen LogP contribution in [0.4, 0.5) is 13.2 Å². The number of rotatable bonds is 3. The molecule has 5 heteroatoms. The van der Waals surface area contributed by atoms with Crippen LogP contribution in [0.1, 0.15) is 5.56 Å². The Bertz CT molecular complexity index is 570. The zero-order valence-corrected chi connectivity index (χ0v) is 11.5. The molecule has 2 aromatic rings. The Morgan fingerprint density at radius 2 is 1.78 bits per heavy atom. The molecule has 2 aromatic carbocycles. The molecule has 0 nitrogen and oxygen atoms in total. The van der Waals surface area contributed by atoms with Crippen molar-refractivity contribution in [2.24, 2.45) is 0 Å². The highest BCUT2D eigenvalue weighted by molar-refractivity contribution is 9.10. The van der Waals surface area contributed by atoms with Gasteiger partial charge in [0.1, 0.15) is 17.5 Å². The molecule has 0 aliphatic rings. The van der Waals surface area contributed by atoms with E-state index >= 15 is 0 Å². The minimum Gasteiger partial charge on any atom is -0.207 e. The zero-order valence-electron chi connectivity index (χ0n) is 9.09. The third-order valence-corrected chi connectivity index (χ3v) is 4.28. The lowest BCUT2D eigenvalue weighted by Crippen LogP contribution is -1.89. The molecular weight excluding hydrogens is 325 g/mol. The first-order valence-electron chi connectivity index (χ1n) is 5.08. The van der Waals surface area contributed by atoms with E-state index in [4.69, 9.17) is 0 Å². The number of halogens is 4. The Balaban J connectivity index is 2.16. The van der Waals surface area contributed by atoms with Crippen LogP contribution in [0.3, 0.4) is 0 Å². The van der Waals surface area contributed by atoms with Gasteiger partial charge in [-0.05, 0) is 45.8 Å². The van der Waals surface area contributed by atoms with Crippen molar-refractivity contribution < 1.29 is 13.2 Å². The Kier molecular flexibility index (Phi) is 4.35. The standard InChI is InChI=1S/C13H8BrF3S/c14-13-8(2-1-3-11(13)17)7-18-12-6-9(15)4-5-10(12)16/h1-6H,7H2. The van der Waals surface area contributed by atoms with Crippen LogP contribution in [0.25, 0.3) is 0 Å². The summed E-state index contributed by atoms with van der Waals surface area (Å²) in [5.74, 6) is -0.974. The fourth-order valence-corrected chi connectivity index (χ4v) is 2.95. The highest BCUT2D eigenvalue weighted by atomic mass is 79.9. The van der Waals surface area contributed by atoms with Crippen LogP contribution in [0.5, 0.6) is 0 Å². The summed E-state index contributed by atoms with van der Waals surface area (Å²) in [5, 5.41) is 0. The van der Waals surface area contributed by atoms with Gasteiger partial charge in [-0.1, -0.05) is 12.1 Å². The maximum atomic E-state index is 13.4. The molecule has 18 heavy (non-hydrogen) atoms. The molecule has 0 aliphatic heterocycles. The van der Waals surface area contributed by atoms with E-state index in [1.807, 2.05) is 0 Å². The molecule has 0 N–H and O–H groups in total. The molecule has 94 valence electrons. The summed E-state index contributed by atoms with van der Waals surface area (Å²) in [5.41, 5.74) is 0.698. The second-order valence-corrected chi connectivity index (χ2v) is 5.39. The van der Waals surface area contributed by atoms with E-state index in [0.29, 0.717) is 15.8 Å². The monoisotopic (exact) mass is 332 g/mol. The van der Waals surface area contributed by atoms with Gasteiger partial charge >= 0.3 is 0 Å². The fourth-order valence-electron chi connectivity index (χ4n) is 1.40. The molecule has 0 saturated carbocycles. The Labute approximate surface area is 115 Å². The summed E-state index contributed by atoms with van der Waals surface area (Å²) in [6.45, 7) is 0. The SMILES string of the molecule is Fc1ccc(F)c(SCc2cccc(F)c2Br)c1. The summed E-state index contributed by atoms with van der Waals surface area (Å²) < 4.78 is 40.0. The summed E-state index contributed by atoms with van der Waals surface area (Å²) >= 11 is 4.26. The molecule has 0 spiro atoms. The van der Waals surface area contributed by atoms with E-state index in [1.165, 1.54) is 6.07 Å². The molecule has 0 aliphatic carbocycles. The van der Waals surface area contributed by atoms with Crippen LogP contribution in [-0.2, 0) is 5.75 Å². The molecule has 0 unspecified atom stereocenters. The van der Waals surface area contributed by atoms with E-state index in [-0.39, 0.29) is 10.7 Å². The van der Waals surface area contributed by atoms with Gasteiger partial charge in [0, 0.05) is 10.6 Å². The van der Waals surface area contributed by atoms with Gasteiger partial charge in [0.2, 0.25) is 0 Å². The third-order valence-electron chi connectivity index (χ3n) is 2.31. The van der Waals surface area contributed by atoms with E-state index < -0.39 is 11.6 Å². The number of benzene rings is 2. The Morgan fingerprint density at radius 1 is 1.00 bits per heavy atom. The summed E-state index contributed by atoms with van der Waals surface area (Å²) in [6.07, 6.45) is 0. The van der Waals surface area contributed by atoms with E-state index in [9.17, 15) is 13.2 Å². The first kappa shape index (κ1) is 13.5. The van der Waals surface area contributed by atoms with E-state index in [2.05, 4.69) is 15.9 Å². The Hall–Kier alpha value is -0.940. The van der Waals surface area contributed by atoms with Crippen molar-refractivity contribution in [3.8, 4) is 0 Å². The lowest BCUT2D eigenvalue weighted by Gasteiger charge is -2.06. The molecule has 0 aromatic heterocycles. The van der Waals surface area contributed by atoms with Crippen LogP contribution in [0.2, 0.25) is 0 Å². The van der Waals surface area contributed by atoms with Gasteiger partial charge in [0.05, 0.1) is 4.47 Å². The molecule has 0 heterocycles. The lowest BCUT2D eigenvalue weighted by molar-refractivity contribution is 0.577. The molecular formula is C13H8BrF3S. The summed E-state index contributed by atoms with van der Waals surface area (Å²) in [6, 6.07) is 7.93. The molecule has 2 rings (SSSR count). The second kappa shape index (κ2) is 5.80. The molecule has 0 saturated heterocycles. The van der Waals surface area contributed by atoms with Gasteiger partial charge in [-0.2, -0.15) is 0 Å². The summed E-state index contributed by atoms with van der Waals surface area (Å²) in [4.78, 5) is 0.214. The highest BCUT2D eigenvalue weighted by Crippen LogP contribution is 2.30. The second-order valence-electron chi connectivity index (χ2n) is 3.58. The van der Waals surface area contributed by atoms with Crippen molar-refractivity contribution in [2.75, 3.05) is 0 Å². The van der Waals surface area contributed by atoms with Crippen molar-refractivity contribution in [3.05, 3.63) is 63.9 Å². The molecule has 0 amide bonds. The zero-order chi connectivity index (χ0) is 13.1. The molecule has 0 fully saturated rings. The van der Waals surface area contributed by atoms with E-state index in [1.54, 1.807) is 12.1 Å². The van der Waals surface area contributed by atoms with Gasteiger partial charge in [-0.25, -0.2) is 13.2 Å². The van der Waals surface area contributed by atoms with Crippen LogP contribution < -0.4 is 0 Å². The van der Waals surface area contributed by atoms with Crippen LogP contribution in [-0.4, -0.2) is 0 Å². The van der Waals surface area contributed by atoms with Crippen molar-refractivity contribution in [2.45, 2.75) is 10.6 Å². The predicted molar refractivity (Wildman–Crippen MR) is 70.0 cm³/mol. The maximum Gasteiger partial charge on any atom is 0.137 e. The molecule has 0 radical (unpaired) electrons. The van der Waals surface area contributed by atoms with Crippen LogP contribution in [0, 0.1) is 17.5 Å². The number of hydrogen-bond acceptors (Lipinski definition) is 1. The smallest absolute Gasteiger partial charge is 0.137 e. The predicted octanol–water partition coefficient (Wildman–Crippen LogP) is 5.16. The Morgan fingerprint density at radius 3 is 2.56 bits per heavy atom. The average molecular weight is 333 g/mol. The minimum absolute atomic E-state index is 0.214. The lowest BCUT2D eigenvalue weighted by atomic mass is 10.2. The highest BCUT2D eigenvalue weighted by Gasteiger charge is 2.08. The van der Waals surface area contributed by atoms with Gasteiger partial charge < -0.3 is 0 Å². The minimum atomic E-state index is -0.489. The molecule has 0 bridgehead atoms. The van der Waals surface area contributed by atoms with Gasteiger partial charge in [-0.15, -0.1) is 11.8 Å². The van der Waals surface area contributed by atoms with Crippen molar-refractivity contribution in [1.29, 1.82) is 0 Å². The van der Waals surface area contributed by atoms with Crippen LogP contribution >= 0.6 is 27.7 Å². The fraction of sp³-hybridized carbons (Fsp3) is 0.0769. The van der Waals surface area contributed by atoms with Gasteiger partial charge in [-0.3, -0.25) is 0 Å². The number of hydrogen-bond donors (Lipinski definition) is 0. The molecule has 0 atom stereocenters. The van der Waals surface area contributed by atoms with Crippen molar-refractivity contribution >= 4 is 27.7 Å². The summed E-state index contributed by atoms with van der Waals surface area (Å²) in [7, 11) is 0. The van der Waals surface area contributed by atoms with E-state index in [0.717, 1.165) is 30.0 Å². The van der Waals surface area contributed by atoms with Crippen molar-refractivity contribution in [1.82, 2.24) is 0 Å². The first-order chi connectivity index (χ1) is 8.58. The quantitative estimate of drug-likeness (QED) is 0.699. The normalized spacial score (nSPS) is 10.7. The maximum absolute atomic E-state index is 13.4. The largest absolute Gasteiger partial charge is 0.207 e. The average Bonchev–Trinajstić information content (AvgIpc) is 2.35. The number of thioether (sulfide) groups is 1. The van der Waals surface area contributed by atoms with Crippen molar-refractivity contribution in [3.63, 3.8) is 0 Å². The van der Waals surface area contributed by atoms with Gasteiger partial charge in [0.25, 0.3) is 0 Å². The topological polar surface area (TPSA) is 0 Å². The van der Waals surface area contributed by atoms with Crippen LogP contribution in [0.15, 0.2) is 45.8 Å². The van der Waals surface area contributed by atoms with Gasteiger partial charge in [0.15, 0.2) is 0 Å².